The van der Waals surface area contributed by atoms with Gasteiger partial charge in [0.05, 0.1) is 37.7 Å². The summed E-state index contributed by atoms with van der Waals surface area (Å²) in [5.74, 6) is 3.33. The summed E-state index contributed by atoms with van der Waals surface area (Å²) in [7, 11) is 3.45. The van der Waals surface area contributed by atoms with Gasteiger partial charge < -0.3 is 9.47 Å². The Bertz CT molecular complexity index is 1550. The van der Waals surface area contributed by atoms with Crippen LogP contribution in [0, 0.1) is 11.8 Å². The van der Waals surface area contributed by atoms with Crippen LogP contribution in [0.2, 0.25) is 0 Å². The highest BCUT2D eigenvalue weighted by molar-refractivity contribution is 5.32. The zero-order chi connectivity index (χ0) is 34.5. The Balaban J connectivity index is 0.000000157. The van der Waals surface area contributed by atoms with Gasteiger partial charge in [-0.15, -0.1) is 0 Å². The highest BCUT2D eigenvalue weighted by Gasteiger charge is 2.40. The first-order valence-corrected chi connectivity index (χ1v) is 19.2. The molecule has 2 saturated heterocycles. The first-order valence-electron chi connectivity index (χ1n) is 19.2. The molecule has 6 nitrogen and oxygen atoms in total. The highest BCUT2D eigenvalue weighted by atomic mass is 16.5. The number of pyridine rings is 2. The van der Waals surface area contributed by atoms with Crippen molar-refractivity contribution in [3.05, 3.63) is 119 Å². The van der Waals surface area contributed by atoms with E-state index in [9.17, 15) is 0 Å². The normalized spacial score (nSPS) is 24.7. The second-order valence-corrected chi connectivity index (χ2v) is 14.9. The third-order valence-electron chi connectivity index (χ3n) is 12.2. The maximum atomic E-state index is 5.32. The van der Waals surface area contributed by atoms with E-state index in [1.165, 1.54) is 97.8 Å². The van der Waals surface area contributed by atoms with Crippen molar-refractivity contribution in [1.29, 1.82) is 0 Å². The lowest BCUT2D eigenvalue weighted by molar-refractivity contribution is 0.0510. The monoisotopic (exact) mass is 672 g/mol. The molecule has 0 N–H and O–H groups in total. The molecule has 2 aromatic heterocycles. The fraction of sp³-hybridized carbons (Fsp3) is 0.500. The molecule has 6 atom stereocenters. The topological polar surface area (TPSA) is 50.7 Å². The van der Waals surface area contributed by atoms with E-state index in [1.54, 1.807) is 14.2 Å². The van der Waals surface area contributed by atoms with E-state index in [4.69, 9.17) is 19.4 Å². The Labute approximate surface area is 300 Å². The summed E-state index contributed by atoms with van der Waals surface area (Å²) in [6.45, 7) is 7.00. The van der Waals surface area contributed by atoms with Gasteiger partial charge in [0.1, 0.15) is 11.5 Å². The van der Waals surface area contributed by atoms with E-state index < -0.39 is 0 Å². The van der Waals surface area contributed by atoms with Gasteiger partial charge in [-0.2, -0.15) is 0 Å². The van der Waals surface area contributed by atoms with Gasteiger partial charge in [0.2, 0.25) is 0 Å². The van der Waals surface area contributed by atoms with E-state index >= 15 is 0 Å². The number of hydrogen-bond donors (Lipinski definition) is 0. The van der Waals surface area contributed by atoms with Crippen LogP contribution < -0.4 is 9.47 Å². The molecule has 0 bridgehead atoms. The molecule has 0 amide bonds. The highest BCUT2D eigenvalue weighted by Crippen LogP contribution is 2.47. The summed E-state index contributed by atoms with van der Waals surface area (Å²) < 4.78 is 10.6. The summed E-state index contributed by atoms with van der Waals surface area (Å²) in [5, 5.41) is 0. The zero-order valence-corrected chi connectivity index (χ0v) is 30.6. The van der Waals surface area contributed by atoms with Gasteiger partial charge >= 0.3 is 0 Å². The van der Waals surface area contributed by atoms with Gasteiger partial charge in [0.15, 0.2) is 0 Å². The zero-order valence-electron chi connectivity index (χ0n) is 30.6. The second kappa shape index (κ2) is 16.1. The standard InChI is InChI=1S/2C22H28N2O/c2*1-16(17-10-12-20(25-2)13-11-17)24-15-5-9-19-7-3-6-18-8-4-14-23-21(18)22(19)24/h2*4,8,10-14,16,19,22H,3,5-7,9,15H2,1-2H3/t16-,19+,22+;16-,19-,22+/m11/s1. The number of benzene rings is 2. The lowest BCUT2D eigenvalue weighted by Crippen LogP contribution is -2.40. The van der Waals surface area contributed by atoms with Crippen LogP contribution in [-0.4, -0.2) is 47.1 Å². The van der Waals surface area contributed by atoms with Crippen LogP contribution in [0.15, 0.2) is 85.2 Å². The molecule has 0 unspecified atom stereocenters. The largest absolute Gasteiger partial charge is 0.497 e. The summed E-state index contributed by atoms with van der Waals surface area (Å²) >= 11 is 0. The molecule has 4 aliphatic rings. The summed E-state index contributed by atoms with van der Waals surface area (Å²) in [5.41, 5.74) is 8.33. The van der Waals surface area contributed by atoms with Crippen molar-refractivity contribution in [3.63, 3.8) is 0 Å². The van der Waals surface area contributed by atoms with E-state index in [2.05, 4.69) is 96.4 Å². The molecule has 0 radical (unpaired) electrons. The maximum absolute atomic E-state index is 5.32. The van der Waals surface area contributed by atoms with Crippen LogP contribution in [0.4, 0.5) is 0 Å². The van der Waals surface area contributed by atoms with Gasteiger partial charge in [-0.05, 0) is 162 Å². The van der Waals surface area contributed by atoms with Crippen LogP contribution in [0.5, 0.6) is 11.5 Å². The lowest BCUT2D eigenvalue weighted by Gasteiger charge is -2.44. The predicted molar refractivity (Wildman–Crippen MR) is 202 cm³/mol. The van der Waals surface area contributed by atoms with Gasteiger partial charge in [-0.1, -0.05) is 36.4 Å². The Morgan fingerprint density at radius 2 is 0.960 bits per heavy atom. The minimum atomic E-state index is 0.395. The Morgan fingerprint density at radius 1 is 0.560 bits per heavy atom. The van der Waals surface area contributed by atoms with Crippen molar-refractivity contribution >= 4 is 0 Å². The number of likely N-dealkylation sites (tertiary alicyclic amines) is 2. The first-order chi connectivity index (χ1) is 24.6. The quantitative estimate of drug-likeness (QED) is 0.203. The van der Waals surface area contributed by atoms with Crippen molar-refractivity contribution in [2.45, 2.75) is 102 Å². The molecule has 4 aromatic rings. The second-order valence-electron chi connectivity index (χ2n) is 14.9. The average molecular weight is 673 g/mol. The molecule has 2 fully saturated rings. The molecule has 4 heterocycles. The Morgan fingerprint density at radius 3 is 1.36 bits per heavy atom. The molecule has 8 rings (SSSR count). The molecule has 0 saturated carbocycles. The fourth-order valence-electron chi connectivity index (χ4n) is 9.56. The minimum Gasteiger partial charge on any atom is -0.497 e. The predicted octanol–water partition coefficient (Wildman–Crippen LogP) is 9.88. The van der Waals surface area contributed by atoms with Crippen molar-refractivity contribution in [3.8, 4) is 11.5 Å². The fourth-order valence-corrected chi connectivity index (χ4v) is 9.56. The Kier molecular flexibility index (Phi) is 11.2. The van der Waals surface area contributed by atoms with Crippen LogP contribution in [0.1, 0.15) is 123 Å². The number of aromatic nitrogens is 2. The summed E-state index contributed by atoms with van der Waals surface area (Å²) in [4.78, 5) is 15.1. The van der Waals surface area contributed by atoms with Gasteiger partial charge in [-0.3, -0.25) is 19.8 Å². The van der Waals surface area contributed by atoms with Crippen LogP contribution >= 0.6 is 0 Å². The molecule has 2 aliphatic heterocycles. The first kappa shape index (κ1) is 34.7. The molecule has 264 valence electrons. The van der Waals surface area contributed by atoms with E-state index in [-0.39, 0.29) is 0 Å². The minimum absolute atomic E-state index is 0.395. The third kappa shape index (κ3) is 7.34. The smallest absolute Gasteiger partial charge is 0.118 e. The van der Waals surface area contributed by atoms with Gasteiger partial charge in [0, 0.05) is 24.5 Å². The maximum Gasteiger partial charge on any atom is 0.118 e. The SMILES string of the molecule is COc1ccc([C@@H](C)N2CCC[C@@H]3CCCc4cccnc4[C@H]32)cc1.COc1ccc([C@@H](C)N2CCC[C@H]3CCCc4cccnc4[C@H]32)cc1. The number of methoxy groups -OCH3 is 2. The van der Waals surface area contributed by atoms with Gasteiger partial charge in [0.25, 0.3) is 0 Å². The van der Waals surface area contributed by atoms with Crippen molar-refractivity contribution < 1.29 is 9.47 Å². The van der Waals surface area contributed by atoms with Crippen molar-refractivity contribution in [1.82, 2.24) is 19.8 Å². The van der Waals surface area contributed by atoms with Crippen molar-refractivity contribution in [2.24, 2.45) is 11.8 Å². The molecule has 50 heavy (non-hydrogen) atoms. The summed E-state index contributed by atoms with van der Waals surface area (Å²) in [6, 6.07) is 27.6. The van der Waals surface area contributed by atoms with Crippen LogP contribution in [0.25, 0.3) is 0 Å². The molecule has 0 spiro atoms. The number of fused-ring (bicyclic) bond motifs is 6. The number of ether oxygens (including phenoxy) is 2. The molecule has 6 heteroatoms. The van der Waals surface area contributed by atoms with Gasteiger partial charge in [-0.25, -0.2) is 0 Å². The third-order valence-corrected chi connectivity index (χ3v) is 12.2. The lowest BCUT2D eigenvalue weighted by atomic mass is 9.83. The summed E-state index contributed by atoms with van der Waals surface area (Å²) in [6.07, 6.45) is 16.8. The van der Waals surface area contributed by atoms with Crippen LogP contribution in [-0.2, 0) is 12.8 Å². The Hall–Kier alpha value is -3.74. The van der Waals surface area contributed by atoms with E-state index in [0.29, 0.717) is 24.2 Å². The number of aryl methyl sites for hydroxylation is 2. The van der Waals surface area contributed by atoms with Crippen molar-refractivity contribution in [2.75, 3.05) is 27.3 Å². The molecule has 2 aromatic carbocycles. The molecular formula is C44H56N4O2. The number of piperidine rings is 2. The van der Waals surface area contributed by atoms with E-state index in [0.717, 1.165) is 36.4 Å². The van der Waals surface area contributed by atoms with E-state index in [1.807, 2.05) is 12.4 Å². The number of hydrogen-bond acceptors (Lipinski definition) is 6. The average Bonchev–Trinajstić information content (AvgIpc) is 3.50. The molecular weight excluding hydrogens is 617 g/mol. The van der Waals surface area contributed by atoms with Crippen LogP contribution in [0.3, 0.4) is 0 Å². The number of rotatable bonds is 6. The molecule has 2 aliphatic carbocycles. The number of nitrogens with zero attached hydrogens (tertiary/aromatic N) is 4.